The molecule has 1 N–H and O–H groups in total. The second-order valence-electron chi connectivity index (χ2n) is 7.25. The average Bonchev–Trinajstić information content (AvgIpc) is 3.20. The fourth-order valence-corrected chi connectivity index (χ4v) is 3.56. The number of aromatic nitrogens is 4. The summed E-state index contributed by atoms with van der Waals surface area (Å²) in [7, 11) is -1.09. The summed E-state index contributed by atoms with van der Waals surface area (Å²) in [6.07, 6.45) is 5.60. The Hall–Kier alpha value is -1.70. The van der Waals surface area contributed by atoms with Crippen molar-refractivity contribution in [3.05, 3.63) is 47.3 Å². The molecule has 0 aliphatic heterocycles. The second-order valence-corrected chi connectivity index (χ2v) is 13.8. The summed E-state index contributed by atoms with van der Waals surface area (Å²) in [4.78, 5) is 0. The first kappa shape index (κ1) is 18.1. The Morgan fingerprint density at radius 3 is 2.52 bits per heavy atom. The molecule has 0 fully saturated rings. The minimum Gasteiger partial charge on any atom is -0.360 e. The van der Waals surface area contributed by atoms with Gasteiger partial charge in [-0.15, -0.1) is 0 Å². The van der Waals surface area contributed by atoms with Gasteiger partial charge in [0.1, 0.15) is 6.73 Å². The summed E-state index contributed by atoms with van der Waals surface area (Å²) >= 11 is 3.49. The van der Waals surface area contributed by atoms with Crippen molar-refractivity contribution in [1.82, 2.24) is 20.0 Å². The molecule has 3 aromatic rings. The van der Waals surface area contributed by atoms with E-state index in [1.165, 1.54) is 0 Å². The minimum atomic E-state index is -1.09. The first-order valence-corrected chi connectivity index (χ1v) is 12.8. The molecule has 132 valence electrons. The van der Waals surface area contributed by atoms with E-state index in [-0.39, 0.29) is 0 Å². The molecule has 2 aromatic heterocycles. The molecule has 25 heavy (non-hydrogen) atoms. The number of rotatable bonds is 7. The van der Waals surface area contributed by atoms with E-state index in [1.54, 1.807) is 0 Å². The van der Waals surface area contributed by atoms with Crippen molar-refractivity contribution >= 4 is 24.0 Å². The van der Waals surface area contributed by atoms with Crippen molar-refractivity contribution in [2.24, 2.45) is 0 Å². The van der Waals surface area contributed by atoms with Crippen LogP contribution in [-0.2, 0) is 11.5 Å². The van der Waals surface area contributed by atoms with Gasteiger partial charge in [-0.1, -0.05) is 47.7 Å². The maximum Gasteiger partial charge on any atom is 0.140 e. The van der Waals surface area contributed by atoms with E-state index in [4.69, 9.17) is 4.74 Å². The molecule has 0 unspecified atom stereocenters. The highest BCUT2D eigenvalue weighted by Crippen LogP contribution is 2.32. The van der Waals surface area contributed by atoms with E-state index >= 15 is 0 Å². The standard InChI is InChI=1S/C18H23BrN4OSi/c1-25(2,3)9-8-24-13-23-18(15-10-20-21-11-15)17(12-22-23)14-4-6-16(19)7-5-14/h4-7,10-12H,8-9,13H2,1-3H3,(H,20,21). The van der Waals surface area contributed by atoms with E-state index in [9.17, 15) is 0 Å². The zero-order valence-electron chi connectivity index (χ0n) is 14.8. The van der Waals surface area contributed by atoms with Crippen LogP contribution in [0.25, 0.3) is 22.4 Å². The van der Waals surface area contributed by atoms with Gasteiger partial charge in [0.2, 0.25) is 0 Å². The van der Waals surface area contributed by atoms with Gasteiger partial charge < -0.3 is 4.74 Å². The van der Waals surface area contributed by atoms with Gasteiger partial charge in [-0.05, 0) is 23.7 Å². The van der Waals surface area contributed by atoms with Gasteiger partial charge in [0.05, 0.1) is 18.1 Å². The molecule has 0 saturated heterocycles. The van der Waals surface area contributed by atoms with Crippen molar-refractivity contribution in [3.63, 3.8) is 0 Å². The van der Waals surface area contributed by atoms with Crippen LogP contribution in [0.15, 0.2) is 47.3 Å². The number of hydrogen-bond acceptors (Lipinski definition) is 3. The summed E-state index contributed by atoms with van der Waals surface area (Å²) in [5.41, 5.74) is 4.21. The molecule has 7 heteroatoms. The molecular weight excluding hydrogens is 396 g/mol. The lowest BCUT2D eigenvalue weighted by atomic mass is 10.0. The third-order valence-corrected chi connectivity index (χ3v) is 6.21. The van der Waals surface area contributed by atoms with E-state index in [2.05, 4.69) is 63.0 Å². The summed E-state index contributed by atoms with van der Waals surface area (Å²) in [6.45, 7) is 8.28. The third-order valence-electron chi connectivity index (χ3n) is 3.98. The largest absolute Gasteiger partial charge is 0.360 e. The predicted molar refractivity (Wildman–Crippen MR) is 107 cm³/mol. The van der Waals surface area contributed by atoms with E-state index < -0.39 is 8.07 Å². The Morgan fingerprint density at radius 2 is 1.88 bits per heavy atom. The SMILES string of the molecule is C[Si](C)(C)CCOCn1ncc(-c2ccc(Br)cc2)c1-c1cn[nH]c1. The van der Waals surface area contributed by atoms with Gasteiger partial charge in [0, 0.05) is 36.5 Å². The molecule has 2 heterocycles. The topological polar surface area (TPSA) is 55.7 Å². The van der Waals surface area contributed by atoms with Crippen LogP contribution in [0.3, 0.4) is 0 Å². The number of aromatic amines is 1. The highest BCUT2D eigenvalue weighted by atomic mass is 79.9. The summed E-state index contributed by atoms with van der Waals surface area (Å²) in [5.74, 6) is 0. The average molecular weight is 419 g/mol. The fraction of sp³-hybridized carbons (Fsp3) is 0.333. The lowest BCUT2D eigenvalue weighted by molar-refractivity contribution is 0.0798. The van der Waals surface area contributed by atoms with Crippen LogP contribution in [-0.4, -0.2) is 34.7 Å². The van der Waals surface area contributed by atoms with Crippen LogP contribution in [0, 0.1) is 0 Å². The van der Waals surface area contributed by atoms with Crippen LogP contribution >= 0.6 is 15.9 Å². The maximum atomic E-state index is 5.90. The number of hydrogen-bond donors (Lipinski definition) is 1. The predicted octanol–water partition coefficient (Wildman–Crippen LogP) is 5.02. The van der Waals surface area contributed by atoms with Gasteiger partial charge in [-0.25, -0.2) is 4.68 Å². The van der Waals surface area contributed by atoms with Crippen molar-refractivity contribution < 1.29 is 4.74 Å². The molecule has 5 nitrogen and oxygen atoms in total. The molecule has 0 aliphatic carbocycles. The molecular formula is C18H23BrN4OSi. The smallest absolute Gasteiger partial charge is 0.140 e. The van der Waals surface area contributed by atoms with Gasteiger partial charge in [0.25, 0.3) is 0 Å². The van der Waals surface area contributed by atoms with Crippen LogP contribution < -0.4 is 0 Å². The summed E-state index contributed by atoms with van der Waals surface area (Å²) < 4.78 is 8.87. The van der Waals surface area contributed by atoms with Gasteiger partial charge in [-0.3, -0.25) is 5.10 Å². The molecule has 1 aromatic carbocycles. The normalized spacial score (nSPS) is 11.8. The molecule has 0 radical (unpaired) electrons. The number of benzene rings is 1. The maximum absolute atomic E-state index is 5.90. The monoisotopic (exact) mass is 418 g/mol. The molecule has 0 atom stereocenters. The molecule has 0 amide bonds. The quantitative estimate of drug-likeness (QED) is 0.432. The number of nitrogens with one attached hydrogen (secondary N) is 1. The number of H-pyrrole nitrogens is 1. The Labute approximate surface area is 157 Å². The second kappa shape index (κ2) is 7.68. The highest BCUT2D eigenvalue weighted by molar-refractivity contribution is 9.10. The third kappa shape index (κ3) is 4.68. The van der Waals surface area contributed by atoms with Crippen molar-refractivity contribution in [3.8, 4) is 22.4 Å². The zero-order valence-corrected chi connectivity index (χ0v) is 17.4. The molecule has 0 aliphatic rings. The van der Waals surface area contributed by atoms with Crippen molar-refractivity contribution in [1.29, 1.82) is 0 Å². The van der Waals surface area contributed by atoms with Crippen LogP contribution in [0.1, 0.15) is 0 Å². The van der Waals surface area contributed by atoms with E-state index in [1.807, 2.05) is 35.4 Å². The van der Waals surface area contributed by atoms with Crippen LogP contribution in [0.4, 0.5) is 0 Å². The Morgan fingerprint density at radius 1 is 1.12 bits per heavy atom. The minimum absolute atomic E-state index is 0.446. The summed E-state index contributed by atoms with van der Waals surface area (Å²) in [6, 6.07) is 9.39. The Balaban J connectivity index is 1.85. The number of halogens is 1. The fourth-order valence-electron chi connectivity index (χ4n) is 2.54. The van der Waals surface area contributed by atoms with Gasteiger partial charge >= 0.3 is 0 Å². The highest BCUT2D eigenvalue weighted by Gasteiger charge is 2.17. The lowest BCUT2D eigenvalue weighted by Crippen LogP contribution is -2.22. The first-order valence-electron chi connectivity index (χ1n) is 8.33. The van der Waals surface area contributed by atoms with Crippen molar-refractivity contribution in [2.75, 3.05) is 6.61 Å². The van der Waals surface area contributed by atoms with E-state index in [0.29, 0.717) is 6.73 Å². The Bertz CT molecular complexity index is 807. The lowest BCUT2D eigenvalue weighted by Gasteiger charge is -2.16. The molecule has 0 saturated carbocycles. The van der Waals surface area contributed by atoms with Crippen molar-refractivity contribution in [2.45, 2.75) is 32.4 Å². The van der Waals surface area contributed by atoms with Gasteiger partial charge in [0.15, 0.2) is 0 Å². The molecule has 3 rings (SSSR count). The first-order chi connectivity index (χ1) is 11.9. The number of ether oxygens (including phenoxy) is 1. The van der Waals surface area contributed by atoms with Gasteiger partial charge in [-0.2, -0.15) is 10.2 Å². The summed E-state index contributed by atoms with van der Waals surface area (Å²) in [5, 5.41) is 11.5. The van der Waals surface area contributed by atoms with E-state index in [0.717, 1.165) is 39.5 Å². The number of nitrogens with zero attached hydrogens (tertiary/aromatic N) is 3. The Kier molecular flexibility index (Phi) is 5.56. The van der Waals surface area contributed by atoms with Crippen LogP contribution in [0.5, 0.6) is 0 Å². The zero-order chi connectivity index (χ0) is 17.9. The van der Waals surface area contributed by atoms with Crippen LogP contribution in [0.2, 0.25) is 25.7 Å². The molecule has 0 spiro atoms. The molecule has 0 bridgehead atoms.